The van der Waals surface area contributed by atoms with Crippen LogP contribution in [0.1, 0.15) is 0 Å². The minimum Gasteiger partial charge on any atom is -0.479 e. The molecule has 0 saturated carbocycles. The molecule has 0 spiro atoms. The monoisotopic (exact) mass is 231 g/mol. The molecule has 1 rings (SSSR count). The lowest BCUT2D eigenvalue weighted by Crippen LogP contribution is -2.02. The lowest BCUT2D eigenvalue weighted by molar-refractivity contribution is -0.385. The number of carbonyl (C=O) groups is 1. The molecule has 0 radical (unpaired) electrons. The molecular formula is C7H6ClN3O4. The SMILES string of the molecule is COc1nc(Cl)c([N+](=O)[O-])cc1NC=O. The molecule has 0 aliphatic heterocycles. The van der Waals surface area contributed by atoms with E-state index in [1.165, 1.54) is 7.11 Å². The highest BCUT2D eigenvalue weighted by molar-refractivity contribution is 6.31. The van der Waals surface area contributed by atoms with Gasteiger partial charge in [0, 0.05) is 6.07 Å². The van der Waals surface area contributed by atoms with Crippen molar-refractivity contribution in [2.45, 2.75) is 0 Å². The van der Waals surface area contributed by atoms with Gasteiger partial charge in [0.25, 0.3) is 0 Å². The van der Waals surface area contributed by atoms with Crippen LogP contribution in [0.5, 0.6) is 5.88 Å². The minimum atomic E-state index is -0.704. The van der Waals surface area contributed by atoms with Crippen molar-refractivity contribution in [1.29, 1.82) is 0 Å². The van der Waals surface area contributed by atoms with Gasteiger partial charge < -0.3 is 10.1 Å². The van der Waals surface area contributed by atoms with E-state index in [-0.39, 0.29) is 16.7 Å². The third kappa shape index (κ3) is 2.32. The molecule has 8 heteroatoms. The van der Waals surface area contributed by atoms with Gasteiger partial charge in [-0.25, -0.2) is 0 Å². The average molecular weight is 232 g/mol. The zero-order valence-corrected chi connectivity index (χ0v) is 8.32. The normalized spacial score (nSPS) is 9.47. The van der Waals surface area contributed by atoms with Crippen LogP contribution in [0.15, 0.2) is 6.07 Å². The van der Waals surface area contributed by atoms with Crippen LogP contribution in [-0.4, -0.2) is 23.4 Å². The Balaban J connectivity index is 3.29. The van der Waals surface area contributed by atoms with Crippen molar-refractivity contribution in [2.75, 3.05) is 12.4 Å². The second-order valence-corrected chi connectivity index (χ2v) is 2.73. The maximum atomic E-state index is 10.5. The molecule has 15 heavy (non-hydrogen) atoms. The van der Waals surface area contributed by atoms with E-state index in [1.807, 2.05) is 0 Å². The van der Waals surface area contributed by atoms with Gasteiger partial charge in [-0.05, 0) is 0 Å². The molecule has 1 aromatic rings. The topological polar surface area (TPSA) is 94.4 Å². The van der Waals surface area contributed by atoms with E-state index in [0.29, 0.717) is 6.41 Å². The van der Waals surface area contributed by atoms with Crippen LogP contribution >= 0.6 is 11.6 Å². The van der Waals surface area contributed by atoms with Crippen LogP contribution in [0, 0.1) is 10.1 Å². The number of ether oxygens (including phenoxy) is 1. The fraction of sp³-hybridized carbons (Fsp3) is 0.143. The third-order valence-electron chi connectivity index (χ3n) is 1.53. The first-order valence-electron chi connectivity index (χ1n) is 3.69. The van der Waals surface area contributed by atoms with Gasteiger partial charge in [0.15, 0.2) is 0 Å². The molecular weight excluding hydrogens is 226 g/mol. The number of aromatic nitrogens is 1. The first-order chi connectivity index (χ1) is 7.10. The summed E-state index contributed by atoms with van der Waals surface area (Å²) >= 11 is 5.53. The molecule has 0 unspecified atom stereocenters. The van der Waals surface area contributed by atoms with Crippen molar-refractivity contribution in [3.8, 4) is 5.88 Å². The fourth-order valence-corrected chi connectivity index (χ4v) is 1.12. The predicted molar refractivity (Wildman–Crippen MR) is 52.1 cm³/mol. The van der Waals surface area contributed by atoms with Crippen LogP contribution in [0.25, 0.3) is 0 Å². The quantitative estimate of drug-likeness (QED) is 0.364. The van der Waals surface area contributed by atoms with Crippen LogP contribution in [0.2, 0.25) is 5.15 Å². The Labute approximate surface area is 89.2 Å². The molecule has 0 aliphatic rings. The lowest BCUT2D eigenvalue weighted by atomic mass is 10.3. The molecule has 0 bridgehead atoms. The van der Waals surface area contributed by atoms with E-state index in [1.54, 1.807) is 0 Å². The average Bonchev–Trinajstić information content (AvgIpc) is 2.20. The zero-order valence-electron chi connectivity index (χ0n) is 7.56. The summed E-state index contributed by atoms with van der Waals surface area (Å²) in [7, 11) is 1.31. The first-order valence-corrected chi connectivity index (χ1v) is 4.07. The van der Waals surface area contributed by atoms with Gasteiger partial charge in [0.05, 0.1) is 12.0 Å². The van der Waals surface area contributed by atoms with E-state index in [2.05, 4.69) is 10.3 Å². The summed E-state index contributed by atoms with van der Waals surface area (Å²) in [6, 6.07) is 1.07. The highest BCUT2D eigenvalue weighted by atomic mass is 35.5. The number of rotatable bonds is 4. The van der Waals surface area contributed by atoms with Crippen molar-refractivity contribution in [2.24, 2.45) is 0 Å². The third-order valence-corrected chi connectivity index (χ3v) is 1.81. The molecule has 0 saturated heterocycles. The molecule has 1 N–H and O–H groups in total. The highest BCUT2D eigenvalue weighted by Crippen LogP contribution is 2.31. The Bertz CT molecular complexity index is 409. The maximum Gasteiger partial charge on any atom is 0.308 e. The van der Waals surface area contributed by atoms with Gasteiger partial charge in [-0.2, -0.15) is 4.98 Å². The van der Waals surface area contributed by atoms with Gasteiger partial charge in [-0.3, -0.25) is 14.9 Å². The molecule has 1 amide bonds. The summed E-state index contributed by atoms with van der Waals surface area (Å²) in [4.78, 5) is 23.6. The largest absolute Gasteiger partial charge is 0.479 e. The number of hydrogen-bond acceptors (Lipinski definition) is 5. The summed E-state index contributed by atoms with van der Waals surface area (Å²) in [5.41, 5.74) is -0.314. The predicted octanol–water partition coefficient (Wildman–Crippen LogP) is 1.22. The molecule has 0 atom stereocenters. The summed E-state index contributed by atoms with van der Waals surface area (Å²) in [5.74, 6) is 0.0118. The Hall–Kier alpha value is -1.89. The summed E-state index contributed by atoms with van der Waals surface area (Å²) < 4.78 is 4.77. The van der Waals surface area contributed by atoms with Crippen molar-refractivity contribution in [3.05, 3.63) is 21.3 Å². The van der Waals surface area contributed by atoms with Crippen molar-refractivity contribution in [1.82, 2.24) is 4.98 Å². The van der Waals surface area contributed by atoms with E-state index < -0.39 is 10.6 Å². The van der Waals surface area contributed by atoms with Crippen LogP contribution < -0.4 is 10.1 Å². The van der Waals surface area contributed by atoms with E-state index in [4.69, 9.17) is 16.3 Å². The number of halogens is 1. The molecule has 7 nitrogen and oxygen atoms in total. The molecule has 80 valence electrons. The Morgan fingerprint density at radius 1 is 1.73 bits per heavy atom. The number of carbonyl (C=O) groups excluding carboxylic acids is 1. The minimum absolute atomic E-state index is 0.0118. The van der Waals surface area contributed by atoms with Gasteiger partial charge >= 0.3 is 5.69 Å². The van der Waals surface area contributed by atoms with Gasteiger partial charge in [-0.15, -0.1) is 0 Å². The second kappa shape index (κ2) is 4.56. The number of nitrogens with zero attached hydrogens (tertiary/aromatic N) is 2. The Morgan fingerprint density at radius 3 is 2.87 bits per heavy atom. The summed E-state index contributed by atoms with van der Waals surface area (Å²) in [5, 5.41) is 12.4. The molecule has 1 heterocycles. The van der Waals surface area contributed by atoms with Gasteiger partial charge in [-0.1, -0.05) is 11.6 Å². The lowest BCUT2D eigenvalue weighted by Gasteiger charge is -2.05. The van der Waals surface area contributed by atoms with Crippen molar-refractivity contribution < 1.29 is 14.5 Å². The molecule has 1 aromatic heterocycles. The summed E-state index contributed by atoms with van der Waals surface area (Å²) in [6.07, 6.45) is 0.358. The smallest absolute Gasteiger partial charge is 0.308 e. The second-order valence-electron chi connectivity index (χ2n) is 2.37. The summed E-state index contributed by atoms with van der Waals surface area (Å²) in [6.45, 7) is 0. The van der Waals surface area contributed by atoms with E-state index >= 15 is 0 Å². The van der Waals surface area contributed by atoms with Gasteiger partial charge in [0.2, 0.25) is 17.4 Å². The Kier molecular flexibility index (Phi) is 3.40. The highest BCUT2D eigenvalue weighted by Gasteiger charge is 2.18. The standard InChI is InChI=1S/C7H6ClN3O4/c1-15-7-4(9-3-12)2-5(11(13)14)6(8)10-7/h2-3H,1H3,(H,9,12). The fourth-order valence-electron chi connectivity index (χ4n) is 0.915. The zero-order chi connectivity index (χ0) is 11.4. The number of anilines is 1. The number of methoxy groups -OCH3 is 1. The van der Waals surface area contributed by atoms with Gasteiger partial charge in [0.1, 0.15) is 5.69 Å². The van der Waals surface area contributed by atoms with E-state index in [9.17, 15) is 14.9 Å². The number of hydrogen-bond donors (Lipinski definition) is 1. The Morgan fingerprint density at radius 2 is 2.40 bits per heavy atom. The maximum absolute atomic E-state index is 10.5. The number of nitro groups is 1. The van der Waals surface area contributed by atoms with Crippen LogP contribution in [0.3, 0.4) is 0 Å². The van der Waals surface area contributed by atoms with Crippen LogP contribution in [0.4, 0.5) is 11.4 Å². The number of pyridine rings is 1. The number of amides is 1. The molecule has 0 fully saturated rings. The first kappa shape index (κ1) is 11.2. The molecule has 0 aliphatic carbocycles. The van der Waals surface area contributed by atoms with Crippen molar-refractivity contribution >= 4 is 29.4 Å². The van der Waals surface area contributed by atoms with E-state index in [0.717, 1.165) is 6.07 Å². The van der Waals surface area contributed by atoms with Crippen LogP contribution in [-0.2, 0) is 4.79 Å². The number of nitrogens with one attached hydrogen (secondary N) is 1. The molecule has 0 aromatic carbocycles. The van der Waals surface area contributed by atoms with Crippen molar-refractivity contribution in [3.63, 3.8) is 0 Å².